The van der Waals surface area contributed by atoms with Gasteiger partial charge in [-0.25, -0.2) is 9.97 Å². The van der Waals surface area contributed by atoms with Crippen molar-refractivity contribution in [2.45, 2.75) is 89.5 Å². The van der Waals surface area contributed by atoms with E-state index in [1.807, 2.05) is 36.7 Å². The topological polar surface area (TPSA) is 84.7 Å². The van der Waals surface area contributed by atoms with Gasteiger partial charge in [0.2, 0.25) is 0 Å². The van der Waals surface area contributed by atoms with E-state index in [2.05, 4.69) is 43.8 Å². The molecule has 8 nitrogen and oxygen atoms in total. The minimum absolute atomic E-state index is 0.0894. The van der Waals surface area contributed by atoms with Crippen LogP contribution in [0, 0.1) is 0 Å². The number of benzene rings is 1. The lowest BCUT2D eigenvalue weighted by molar-refractivity contribution is -0.190. The normalized spacial score (nSPS) is 24.8. The second-order valence-electron chi connectivity index (χ2n) is 12.2. The number of nitrogens with zero attached hydrogens (tertiary/aromatic N) is 3. The number of fused-ring (bicyclic) bond motifs is 2. The maximum absolute atomic E-state index is 14.1. The Bertz CT molecular complexity index is 1400. The molecule has 0 bridgehead atoms. The molecule has 0 spiro atoms. The highest BCUT2D eigenvalue weighted by Crippen LogP contribution is 2.45. The van der Waals surface area contributed by atoms with Crippen molar-refractivity contribution < 1.29 is 23.4 Å². The van der Waals surface area contributed by atoms with E-state index in [1.165, 1.54) is 6.33 Å². The van der Waals surface area contributed by atoms with E-state index < -0.39 is 38.6 Å². The molecule has 0 amide bonds. The smallest absolute Gasteiger partial charge is 0.194 e. The number of Topliss-reactive ketones (excluding diaryl/α,β-unsaturated/α-hetero) is 1. The van der Waals surface area contributed by atoms with Crippen LogP contribution in [0.25, 0.3) is 11.0 Å². The van der Waals surface area contributed by atoms with Gasteiger partial charge in [-0.05, 0) is 68.2 Å². The maximum Gasteiger partial charge on any atom is 0.194 e. The number of ether oxygens (including phenoxy) is 3. The van der Waals surface area contributed by atoms with Crippen molar-refractivity contribution in [2.75, 3.05) is 6.61 Å². The van der Waals surface area contributed by atoms with Crippen LogP contribution in [0.5, 0.6) is 0 Å². The van der Waals surface area contributed by atoms with Gasteiger partial charge < -0.3 is 23.2 Å². The Morgan fingerprint density at radius 3 is 2.56 bits per heavy atom. The number of carbonyl (C=O) groups is 1. The summed E-state index contributed by atoms with van der Waals surface area (Å²) in [5.74, 6) is -1.07. The molecule has 5 rings (SSSR count). The predicted molar refractivity (Wildman–Crippen MR) is 153 cm³/mol. The summed E-state index contributed by atoms with van der Waals surface area (Å²) in [5, 5.41) is 1.69. The number of carbonyl (C=O) groups excluding carboxylic acids is 1. The van der Waals surface area contributed by atoms with Gasteiger partial charge in [-0.1, -0.05) is 44.0 Å². The van der Waals surface area contributed by atoms with E-state index in [9.17, 15) is 4.79 Å². The highest BCUT2D eigenvalue weighted by molar-refractivity contribution is 6.74. The largest absolute Gasteiger partial charge is 0.416 e. The van der Waals surface area contributed by atoms with Crippen molar-refractivity contribution in [3.05, 3.63) is 58.1 Å². The maximum atomic E-state index is 14.1. The van der Waals surface area contributed by atoms with Crippen LogP contribution in [0.3, 0.4) is 0 Å². The van der Waals surface area contributed by atoms with Crippen molar-refractivity contribution in [2.24, 2.45) is 0 Å². The summed E-state index contributed by atoms with van der Waals surface area (Å²) in [6, 6.07) is 7.15. The lowest BCUT2D eigenvalue weighted by Gasteiger charge is -2.36. The third-order valence-corrected chi connectivity index (χ3v) is 13.1. The summed E-state index contributed by atoms with van der Waals surface area (Å²) in [4.78, 5) is 22.6. The average molecular weight is 593 g/mol. The molecular formula is C28H35Cl2N3O5Si. The number of hydrogen-bond donors (Lipinski definition) is 0. The van der Waals surface area contributed by atoms with E-state index in [0.717, 1.165) is 5.56 Å². The molecule has 4 atom stereocenters. The summed E-state index contributed by atoms with van der Waals surface area (Å²) in [7, 11) is -1.94. The van der Waals surface area contributed by atoms with Crippen LogP contribution in [0.2, 0.25) is 28.3 Å². The van der Waals surface area contributed by atoms with Gasteiger partial charge in [0.15, 0.2) is 32.2 Å². The van der Waals surface area contributed by atoms with Gasteiger partial charge in [-0.15, -0.1) is 0 Å². The van der Waals surface area contributed by atoms with Gasteiger partial charge in [0.25, 0.3) is 0 Å². The van der Waals surface area contributed by atoms with Crippen molar-refractivity contribution in [1.29, 1.82) is 0 Å². The van der Waals surface area contributed by atoms with Crippen molar-refractivity contribution in [1.82, 2.24) is 14.5 Å². The highest BCUT2D eigenvalue weighted by Gasteiger charge is 2.58. The van der Waals surface area contributed by atoms with Crippen LogP contribution < -0.4 is 0 Å². The molecule has 210 valence electrons. The quantitative estimate of drug-likeness (QED) is 0.174. The lowest BCUT2D eigenvalue weighted by atomic mass is 9.95. The zero-order valence-corrected chi connectivity index (χ0v) is 25.8. The van der Waals surface area contributed by atoms with Gasteiger partial charge in [0, 0.05) is 23.4 Å². The van der Waals surface area contributed by atoms with Gasteiger partial charge in [0.05, 0.1) is 5.39 Å². The molecule has 2 fully saturated rings. The first-order valence-electron chi connectivity index (χ1n) is 13.1. The number of halogens is 2. The van der Waals surface area contributed by atoms with E-state index in [4.69, 9.17) is 41.8 Å². The molecule has 1 aromatic carbocycles. The molecule has 2 aliphatic rings. The standard InChI is InChI=1S/C28H35Cl2N3O5Si/c1-27(2,3)39(6,7)35-13-11-16-14-17(29)8-9-18(16)20(34)21-22-23(38-28(4,5)37-22)26(36-21)33-12-10-19-24(30)31-15-32-25(19)33/h8-10,12,14-15,21-23,26H,11,13H2,1-7H3/t21-,22-,23-,26?/m1/s1. The molecule has 2 aromatic heterocycles. The van der Waals surface area contributed by atoms with Crippen LogP contribution in [0.4, 0.5) is 0 Å². The summed E-state index contributed by atoms with van der Waals surface area (Å²) in [6.07, 6.45) is 1.09. The zero-order chi connectivity index (χ0) is 28.3. The molecular weight excluding hydrogens is 557 g/mol. The molecule has 11 heteroatoms. The van der Waals surface area contributed by atoms with Gasteiger partial charge in [-0.3, -0.25) is 4.79 Å². The van der Waals surface area contributed by atoms with E-state index in [-0.39, 0.29) is 10.8 Å². The molecule has 1 unspecified atom stereocenters. The minimum Gasteiger partial charge on any atom is -0.416 e. The Morgan fingerprint density at radius 1 is 1.13 bits per heavy atom. The summed E-state index contributed by atoms with van der Waals surface area (Å²) >= 11 is 12.6. The fraction of sp³-hybridized carbons (Fsp3) is 0.536. The van der Waals surface area contributed by atoms with Gasteiger partial charge in [-0.2, -0.15) is 0 Å². The Balaban J connectivity index is 1.44. The molecule has 0 N–H and O–H groups in total. The lowest BCUT2D eigenvalue weighted by Crippen LogP contribution is -2.41. The Morgan fingerprint density at radius 2 is 1.85 bits per heavy atom. The summed E-state index contributed by atoms with van der Waals surface area (Å²) in [6.45, 7) is 15.2. The molecule has 39 heavy (non-hydrogen) atoms. The van der Waals surface area contributed by atoms with Crippen LogP contribution in [-0.4, -0.2) is 59.3 Å². The van der Waals surface area contributed by atoms with Crippen LogP contribution in [-0.2, 0) is 25.1 Å². The van der Waals surface area contributed by atoms with Crippen molar-refractivity contribution >= 4 is 48.3 Å². The second kappa shape index (κ2) is 10.2. The van der Waals surface area contributed by atoms with Crippen molar-refractivity contribution in [3.63, 3.8) is 0 Å². The number of hydrogen-bond acceptors (Lipinski definition) is 7. The number of ketones is 1. The third kappa shape index (κ3) is 5.42. The van der Waals surface area contributed by atoms with Crippen LogP contribution in [0.1, 0.15) is 56.8 Å². The highest BCUT2D eigenvalue weighted by atomic mass is 35.5. The Hall–Kier alpha value is -1.85. The Kier molecular flexibility index (Phi) is 7.50. The molecule has 4 heterocycles. The zero-order valence-electron chi connectivity index (χ0n) is 23.3. The monoisotopic (exact) mass is 591 g/mol. The van der Waals surface area contributed by atoms with Gasteiger partial charge in [0.1, 0.15) is 29.3 Å². The molecule has 0 radical (unpaired) electrons. The van der Waals surface area contributed by atoms with E-state index in [0.29, 0.717) is 39.8 Å². The fourth-order valence-electron chi connectivity index (χ4n) is 4.95. The van der Waals surface area contributed by atoms with Gasteiger partial charge >= 0.3 is 0 Å². The third-order valence-electron chi connectivity index (χ3n) is 8.00. The van der Waals surface area contributed by atoms with Crippen molar-refractivity contribution in [3.8, 4) is 0 Å². The molecule has 2 aliphatic heterocycles. The SMILES string of the molecule is CC1(C)O[C@@H]2[C@@H](C(=O)c3ccc(Cl)cc3CCO[Si](C)(C)C(C)(C)C)OC(n3ccc4c(Cl)ncnc43)[C@@H]2O1. The first kappa shape index (κ1) is 28.7. The van der Waals surface area contributed by atoms with E-state index in [1.54, 1.807) is 12.1 Å². The molecule has 0 saturated carbocycles. The summed E-state index contributed by atoms with van der Waals surface area (Å²) in [5.41, 5.74) is 1.95. The predicted octanol–water partition coefficient (Wildman–Crippen LogP) is 6.60. The number of rotatable bonds is 7. The van der Waals surface area contributed by atoms with Crippen LogP contribution in [0.15, 0.2) is 36.8 Å². The molecule has 2 saturated heterocycles. The molecule has 3 aromatic rings. The Labute approximate surface area is 240 Å². The first-order valence-corrected chi connectivity index (χ1v) is 16.8. The fourth-order valence-corrected chi connectivity index (χ4v) is 6.38. The van der Waals surface area contributed by atoms with E-state index >= 15 is 0 Å². The number of aromatic nitrogens is 3. The first-order chi connectivity index (χ1) is 18.2. The van der Waals surface area contributed by atoms with Crippen LogP contribution >= 0.6 is 23.2 Å². The summed E-state index contributed by atoms with van der Waals surface area (Å²) < 4.78 is 27.1. The average Bonchev–Trinajstić information content (AvgIpc) is 3.49. The second-order valence-corrected chi connectivity index (χ2v) is 17.8. The molecule has 0 aliphatic carbocycles. The minimum atomic E-state index is -1.94.